The van der Waals surface area contributed by atoms with Crippen molar-refractivity contribution in [2.75, 3.05) is 13.2 Å². The lowest BCUT2D eigenvalue weighted by molar-refractivity contribution is -0.167. The average molecular weight is 1100 g/mol. The molecule has 0 bridgehead atoms. The van der Waals surface area contributed by atoms with Gasteiger partial charge in [0.05, 0.1) is 0 Å². The van der Waals surface area contributed by atoms with Crippen molar-refractivity contribution in [3.05, 3.63) is 182 Å². The molecule has 0 amide bonds. The van der Waals surface area contributed by atoms with Gasteiger partial charge >= 0.3 is 17.9 Å². The Morgan fingerprint density at radius 2 is 0.487 bits per heavy atom. The molecule has 0 radical (unpaired) electrons. The first kappa shape index (κ1) is 74.5. The van der Waals surface area contributed by atoms with E-state index in [0.29, 0.717) is 25.7 Å². The normalized spacial score (nSPS) is 13.4. The van der Waals surface area contributed by atoms with E-state index in [2.05, 4.69) is 203 Å². The fourth-order valence-electron chi connectivity index (χ4n) is 7.97. The predicted molar refractivity (Wildman–Crippen MR) is 348 cm³/mol. The van der Waals surface area contributed by atoms with Crippen LogP contribution in [0.25, 0.3) is 0 Å². The van der Waals surface area contributed by atoms with Gasteiger partial charge in [0.1, 0.15) is 13.2 Å². The minimum absolute atomic E-state index is 0.105. The molecule has 0 fully saturated rings. The molecule has 1 unspecified atom stereocenters. The molecule has 1 atom stereocenters. The molecule has 0 aromatic carbocycles. The van der Waals surface area contributed by atoms with E-state index in [9.17, 15) is 14.4 Å². The SMILES string of the molecule is CC/C=C\C/C=C\C/C=C\C/C=C\C/C=C\C/C=C\C/C=C\C/C=C\C/C=C\C/C=C\CCCCC(=O)OCC(COC(=O)CCCCCCCC)OC(=O)CCCCCCCCC/C=C\C/C=C\C/C=C\C/C=C\C/C=C\CC. The van der Waals surface area contributed by atoms with Crippen molar-refractivity contribution in [1.82, 2.24) is 0 Å². The highest BCUT2D eigenvalue weighted by molar-refractivity contribution is 5.71. The molecule has 0 saturated carbocycles. The van der Waals surface area contributed by atoms with E-state index in [0.717, 1.165) is 161 Å². The Bertz CT molecular complexity index is 1890. The second-order valence-electron chi connectivity index (χ2n) is 20.2. The molecule has 0 N–H and O–H groups in total. The van der Waals surface area contributed by atoms with Crippen LogP contribution >= 0.6 is 0 Å². The molecule has 0 spiro atoms. The molecule has 6 nitrogen and oxygen atoms in total. The Balaban J connectivity index is 4.26. The maximum atomic E-state index is 12.8. The number of ether oxygens (including phenoxy) is 3. The zero-order chi connectivity index (χ0) is 57.8. The molecule has 0 heterocycles. The lowest BCUT2D eigenvalue weighted by Crippen LogP contribution is -2.30. The van der Waals surface area contributed by atoms with Crippen molar-refractivity contribution in [3.8, 4) is 0 Å². The maximum Gasteiger partial charge on any atom is 0.306 e. The fraction of sp³-hybridized carbons (Fsp3) is 0.554. The Kier molecular flexibility index (Phi) is 61.5. The van der Waals surface area contributed by atoms with Crippen LogP contribution in [0, 0.1) is 0 Å². The van der Waals surface area contributed by atoms with Gasteiger partial charge in [-0.2, -0.15) is 0 Å². The summed E-state index contributed by atoms with van der Waals surface area (Å²) in [7, 11) is 0. The first-order valence-electron chi connectivity index (χ1n) is 31.8. The van der Waals surface area contributed by atoms with Gasteiger partial charge in [0, 0.05) is 19.3 Å². The van der Waals surface area contributed by atoms with Gasteiger partial charge in [-0.3, -0.25) is 14.4 Å². The Morgan fingerprint density at radius 1 is 0.263 bits per heavy atom. The summed E-state index contributed by atoms with van der Waals surface area (Å²) in [5.41, 5.74) is 0. The van der Waals surface area contributed by atoms with Crippen LogP contribution in [0.5, 0.6) is 0 Å². The fourth-order valence-corrected chi connectivity index (χ4v) is 7.97. The van der Waals surface area contributed by atoms with E-state index in [1.807, 2.05) is 0 Å². The molecule has 0 aromatic rings. The first-order valence-corrected chi connectivity index (χ1v) is 31.8. The van der Waals surface area contributed by atoms with Crippen molar-refractivity contribution in [3.63, 3.8) is 0 Å². The summed E-state index contributed by atoms with van der Waals surface area (Å²) in [6.07, 6.45) is 99.3. The summed E-state index contributed by atoms with van der Waals surface area (Å²) >= 11 is 0. The molecule has 0 aromatic heterocycles. The van der Waals surface area contributed by atoms with E-state index in [4.69, 9.17) is 14.2 Å². The van der Waals surface area contributed by atoms with Gasteiger partial charge in [-0.15, -0.1) is 0 Å². The van der Waals surface area contributed by atoms with Gasteiger partial charge in [0.25, 0.3) is 0 Å². The van der Waals surface area contributed by atoms with Crippen LogP contribution in [0.3, 0.4) is 0 Å². The summed E-state index contributed by atoms with van der Waals surface area (Å²) in [5.74, 6) is -0.981. The van der Waals surface area contributed by atoms with Crippen molar-refractivity contribution in [2.45, 2.75) is 252 Å². The monoisotopic (exact) mass is 1100 g/mol. The number of carbonyl (C=O) groups is 3. The smallest absolute Gasteiger partial charge is 0.306 e. The van der Waals surface area contributed by atoms with Crippen LogP contribution in [-0.4, -0.2) is 37.2 Å². The van der Waals surface area contributed by atoms with E-state index in [1.54, 1.807) is 0 Å². The van der Waals surface area contributed by atoms with Crippen LogP contribution < -0.4 is 0 Å². The molecule has 0 aliphatic carbocycles. The molecule has 0 aliphatic rings. The molecular weight excluding hydrogens is 985 g/mol. The number of allylic oxidation sites excluding steroid dienone is 30. The van der Waals surface area contributed by atoms with Crippen molar-refractivity contribution in [1.29, 1.82) is 0 Å². The van der Waals surface area contributed by atoms with E-state index in [1.165, 1.54) is 38.5 Å². The number of rotatable bonds is 55. The maximum absolute atomic E-state index is 12.8. The molecule has 446 valence electrons. The third-order valence-corrected chi connectivity index (χ3v) is 12.7. The number of unbranched alkanes of at least 4 members (excludes halogenated alkanes) is 14. The summed E-state index contributed by atoms with van der Waals surface area (Å²) in [6.45, 7) is 6.29. The molecule has 6 heteroatoms. The van der Waals surface area contributed by atoms with E-state index in [-0.39, 0.29) is 31.1 Å². The molecule has 80 heavy (non-hydrogen) atoms. The second kappa shape index (κ2) is 66.0. The summed E-state index contributed by atoms with van der Waals surface area (Å²) in [6, 6.07) is 0. The third-order valence-electron chi connectivity index (χ3n) is 12.7. The van der Waals surface area contributed by atoms with Gasteiger partial charge in [-0.25, -0.2) is 0 Å². The van der Waals surface area contributed by atoms with Crippen molar-refractivity contribution >= 4 is 17.9 Å². The zero-order valence-electron chi connectivity index (χ0n) is 51.0. The van der Waals surface area contributed by atoms with Gasteiger partial charge in [0.2, 0.25) is 0 Å². The van der Waals surface area contributed by atoms with Crippen LogP contribution in [0.4, 0.5) is 0 Å². The van der Waals surface area contributed by atoms with Crippen molar-refractivity contribution < 1.29 is 28.6 Å². The molecular formula is C74H114O6. The minimum atomic E-state index is -0.809. The Morgan fingerprint density at radius 3 is 0.787 bits per heavy atom. The predicted octanol–water partition coefficient (Wildman–Crippen LogP) is 22.0. The highest BCUT2D eigenvalue weighted by Crippen LogP contribution is 2.13. The van der Waals surface area contributed by atoms with Crippen LogP contribution in [0.15, 0.2) is 182 Å². The summed E-state index contributed by atoms with van der Waals surface area (Å²) < 4.78 is 16.7. The standard InChI is InChI=1S/C74H114O6/c1-4-7-10-13-16-18-20-22-24-26-28-30-32-33-34-35-36-37-38-39-40-41-43-44-46-48-50-52-54-56-58-61-64-67-73(76)79-70-71(69-78-72(75)66-63-60-15-12-9-6-3)80-74(77)68-65-62-59-57-55-53-51-49-47-45-42-31-29-27-25-23-21-19-17-14-11-8-5-2/h7-8,10-11,16-19,22-25,28-31,33-34,36-37,39-40,43-45,47-48,50,54,56,71H,4-6,9,12-15,20-21,26-27,32,35,38,41-42,46,49,51-53,55,57-70H2,1-3H3/b10-7-,11-8-,18-16-,19-17-,24-22-,25-23-,30-28-,31-29-,34-33-,37-36-,40-39-,44-43-,47-45-,50-48-,56-54-. The highest BCUT2D eigenvalue weighted by Gasteiger charge is 2.19. The van der Waals surface area contributed by atoms with Gasteiger partial charge in [-0.05, 0) is 141 Å². The highest BCUT2D eigenvalue weighted by atomic mass is 16.6. The second-order valence-corrected chi connectivity index (χ2v) is 20.2. The van der Waals surface area contributed by atoms with Gasteiger partial charge in [-0.1, -0.05) is 267 Å². The van der Waals surface area contributed by atoms with Crippen molar-refractivity contribution in [2.24, 2.45) is 0 Å². The number of hydrogen-bond acceptors (Lipinski definition) is 6. The van der Waals surface area contributed by atoms with E-state index < -0.39 is 6.10 Å². The van der Waals surface area contributed by atoms with E-state index >= 15 is 0 Å². The lowest BCUT2D eigenvalue weighted by Gasteiger charge is -2.18. The Hall–Kier alpha value is -5.49. The molecule has 0 rings (SSSR count). The third kappa shape index (κ3) is 63.3. The van der Waals surface area contributed by atoms with Crippen LogP contribution in [0.2, 0.25) is 0 Å². The summed E-state index contributed by atoms with van der Waals surface area (Å²) in [5, 5.41) is 0. The number of carbonyl (C=O) groups excluding carboxylic acids is 3. The Labute approximate surface area is 491 Å². The minimum Gasteiger partial charge on any atom is -0.462 e. The lowest BCUT2D eigenvalue weighted by atomic mass is 10.1. The molecule has 0 aliphatic heterocycles. The number of esters is 3. The zero-order valence-corrected chi connectivity index (χ0v) is 51.0. The number of hydrogen-bond donors (Lipinski definition) is 0. The first-order chi connectivity index (χ1) is 39.5. The van der Waals surface area contributed by atoms with Gasteiger partial charge < -0.3 is 14.2 Å². The topological polar surface area (TPSA) is 78.9 Å². The van der Waals surface area contributed by atoms with Crippen LogP contribution in [0.1, 0.15) is 245 Å². The largest absolute Gasteiger partial charge is 0.462 e. The van der Waals surface area contributed by atoms with Crippen LogP contribution in [-0.2, 0) is 28.6 Å². The summed E-state index contributed by atoms with van der Waals surface area (Å²) in [4.78, 5) is 38.0. The molecule has 0 saturated heterocycles. The quantitative estimate of drug-likeness (QED) is 0.0261. The van der Waals surface area contributed by atoms with Gasteiger partial charge in [0.15, 0.2) is 6.10 Å². The average Bonchev–Trinajstić information content (AvgIpc) is 3.46.